The summed E-state index contributed by atoms with van der Waals surface area (Å²) in [7, 11) is 1.43. The third-order valence-electron chi connectivity index (χ3n) is 14.0. The lowest BCUT2D eigenvalue weighted by Gasteiger charge is -2.65. The molecule has 3 unspecified atom stereocenters. The van der Waals surface area contributed by atoms with Crippen LogP contribution >= 0.6 is 0 Å². The molecule has 0 bridgehead atoms. The maximum absolute atomic E-state index is 12.6. The number of carbonyl (C=O) groups is 3. The second kappa shape index (κ2) is 12.6. The quantitative estimate of drug-likeness (QED) is 0.172. The molecule has 0 radical (unpaired) electrons. The molecule has 6 fully saturated rings. The van der Waals surface area contributed by atoms with Crippen molar-refractivity contribution in [1.29, 1.82) is 0 Å². The van der Waals surface area contributed by atoms with E-state index in [4.69, 9.17) is 33.8 Å². The van der Waals surface area contributed by atoms with Crippen molar-refractivity contribution in [3.8, 4) is 0 Å². The molecule has 6 aliphatic rings. The number of esters is 3. The van der Waals surface area contributed by atoms with Gasteiger partial charge >= 0.3 is 17.9 Å². The van der Waals surface area contributed by atoms with Gasteiger partial charge in [-0.3, -0.25) is 14.4 Å². The van der Waals surface area contributed by atoms with Crippen molar-refractivity contribution < 1.29 is 48.1 Å². The summed E-state index contributed by atoms with van der Waals surface area (Å²) in [4.78, 5) is 61.9. The Balaban J connectivity index is 1.28. The lowest BCUT2D eigenvalue weighted by atomic mass is 9.42. The second-order valence-electron chi connectivity index (χ2n) is 16.3. The molecule has 1 heterocycles. The Morgan fingerprint density at radius 1 is 0.870 bits per heavy atom. The maximum Gasteiger partial charge on any atom is 0.305 e. The molecule has 260 valence electrons. The van der Waals surface area contributed by atoms with Gasteiger partial charge in [-0.1, -0.05) is 34.1 Å². The molecule has 2 spiro atoms. The van der Waals surface area contributed by atoms with Gasteiger partial charge in [0.25, 0.3) is 0 Å². The van der Waals surface area contributed by atoms with Crippen LogP contribution in [0.2, 0.25) is 0 Å². The summed E-state index contributed by atoms with van der Waals surface area (Å²) in [6.07, 6.45) is 9.85. The van der Waals surface area contributed by atoms with Gasteiger partial charge in [-0.15, -0.1) is 0 Å². The topological polar surface area (TPSA) is 116 Å². The van der Waals surface area contributed by atoms with Crippen LogP contribution in [0.3, 0.4) is 0 Å². The average molecular weight is 649 g/mol. The van der Waals surface area contributed by atoms with E-state index in [1.807, 2.05) is 0 Å². The number of rotatable bonds is 6. The van der Waals surface area contributed by atoms with Crippen molar-refractivity contribution in [3.63, 3.8) is 0 Å². The highest BCUT2D eigenvalue weighted by Crippen LogP contribution is 2.70. The fourth-order valence-corrected chi connectivity index (χ4v) is 11.4. The van der Waals surface area contributed by atoms with Crippen molar-refractivity contribution in [3.05, 3.63) is 0 Å². The molecule has 0 aromatic carbocycles. The summed E-state index contributed by atoms with van der Waals surface area (Å²) < 4.78 is 17.5. The normalized spacial score (nSPS) is 47.3. The van der Waals surface area contributed by atoms with Crippen molar-refractivity contribution in [2.75, 3.05) is 7.11 Å². The van der Waals surface area contributed by atoms with Crippen LogP contribution in [0.25, 0.3) is 0 Å². The molecule has 5 saturated carbocycles. The highest BCUT2D eigenvalue weighted by Gasteiger charge is 2.69. The lowest BCUT2D eigenvalue weighted by molar-refractivity contribution is -0.671. The van der Waals surface area contributed by atoms with Crippen LogP contribution in [-0.4, -0.2) is 48.8 Å². The van der Waals surface area contributed by atoms with E-state index in [9.17, 15) is 14.4 Å². The molecule has 46 heavy (non-hydrogen) atoms. The SMILES string of the molecule is COC(=O)CCC(C)C1CC[C@H]2[C@@H]3[C@H](OC(C)=O)C[C@@H]4CC5(CC[C@]4(C)[C@H]3C[C@H](OC(C)=O)[C@]12C)OOC1(CCCCC1C)OO5. The van der Waals surface area contributed by atoms with Gasteiger partial charge in [-0.2, -0.15) is 19.6 Å². The Morgan fingerprint density at radius 3 is 2.24 bits per heavy atom. The predicted octanol–water partition coefficient (Wildman–Crippen LogP) is 6.83. The van der Waals surface area contributed by atoms with E-state index < -0.39 is 11.6 Å². The van der Waals surface area contributed by atoms with Crippen LogP contribution in [0.1, 0.15) is 125 Å². The van der Waals surface area contributed by atoms with Gasteiger partial charge in [0, 0.05) is 56.8 Å². The average Bonchev–Trinajstić information content (AvgIpc) is 3.37. The summed E-state index contributed by atoms with van der Waals surface area (Å²) in [5.41, 5.74) is -0.414. The van der Waals surface area contributed by atoms with E-state index in [2.05, 4.69) is 27.7 Å². The molecule has 1 saturated heterocycles. The van der Waals surface area contributed by atoms with Crippen molar-refractivity contribution in [1.82, 2.24) is 0 Å². The minimum atomic E-state index is -1.01. The molecule has 0 N–H and O–H groups in total. The van der Waals surface area contributed by atoms with Crippen molar-refractivity contribution >= 4 is 17.9 Å². The standard InChI is InChI=1S/C36H56O10/c1-21(11-14-31(39)40-7)26-12-13-27-32-28(19-30(34(26,27)6)42-24(4)38)33(5)16-17-35(20-25(33)18-29(32)41-23(3)37)43-45-36(46-44-35)15-9-8-10-22(36)2/h21-22,25-30,32H,8-20H2,1-7H3/t21?,22?,25-,26?,27+,28+,29-,30+,32+,33+,34-,35?,36?/m1/s1. The fraction of sp³-hybridized carbons (Fsp3) is 0.917. The molecular formula is C36H56O10. The molecule has 5 aliphatic carbocycles. The lowest BCUT2D eigenvalue weighted by Crippen LogP contribution is -2.65. The summed E-state index contributed by atoms with van der Waals surface area (Å²) in [6.45, 7) is 12.0. The third-order valence-corrected chi connectivity index (χ3v) is 14.0. The molecule has 0 aromatic rings. The van der Waals surface area contributed by atoms with Crippen LogP contribution in [0, 0.1) is 52.3 Å². The van der Waals surface area contributed by atoms with Crippen LogP contribution < -0.4 is 0 Å². The second-order valence-corrected chi connectivity index (χ2v) is 16.3. The number of hydrogen-bond donors (Lipinski definition) is 0. The Bertz CT molecular complexity index is 1160. The van der Waals surface area contributed by atoms with Crippen molar-refractivity contribution in [2.24, 2.45) is 52.3 Å². The highest BCUT2D eigenvalue weighted by molar-refractivity contribution is 5.69. The van der Waals surface area contributed by atoms with Crippen LogP contribution in [-0.2, 0) is 48.1 Å². The first kappa shape index (κ1) is 34.1. The molecule has 10 nitrogen and oxygen atoms in total. The van der Waals surface area contributed by atoms with Crippen LogP contribution in [0.15, 0.2) is 0 Å². The first-order valence-electron chi connectivity index (χ1n) is 17.9. The molecule has 0 amide bonds. The van der Waals surface area contributed by atoms with Gasteiger partial charge in [0.05, 0.1) is 7.11 Å². The molecule has 11 atom stereocenters. The molecule has 10 heteroatoms. The molecule has 0 aromatic heterocycles. The largest absolute Gasteiger partial charge is 0.469 e. The van der Waals surface area contributed by atoms with E-state index >= 15 is 0 Å². The van der Waals surface area contributed by atoms with Gasteiger partial charge in [0.15, 0.2) is 0 Å². The zero-order valence-corrected chi connectivity index (χ0v) is 29.0. The zero-order valence-electron chi connectivity index (χ0n) is 29.0. The molecular weight excluding hydrogens is 592 g/mol. The van der Waals surface area contributed by atoms with Crippen molar-refractivity contribution in [2.45, 2.75) is 149 Å². The van der Waals surface area contributed by atoms with E-state index in [1.54, 1.807) is 0 Å². The smallest absolute Gasteiger partial charge is 0.305 e. The number of ether oxygens (including phenoxy) is 3. The Hall–Kier alpha value is -1.75. The maximum atomic E-state index is 12.6. The van der Waals surface area contributed by atoms with E-state index in [0.29, 0.717) is 32.1 Å². The first-order valence-corrected chi connectivity index (χ1v) is 17.9. The third kappa shape index (κ3) is 5.71. The van der Waals surface area contributed by atoms with Gasteiger partial charge < -0.3 is 14.2 Å². The van der Waals surface area contributed by atoms with Gasteiger partial charge in [-0.25, -0.2) is 0 Å². The minimum absolute atomic E-state index is 0.110. The molecule has 6 rings (SSSR count). The van der Waals surface area contributed by atoms with E-state index in [-0.39, 0.29) is 82.4 Å². The predicted molar refractivity (Wildman–Crippen MR) is 165 cm³/mol. The monoisotopic (exact) mass is 648 g/mol. The summed E-state index contributed by atoms with van der Waals surface area (Å²) >= 11 is 0. The number of hydrogen-bond acceptors (Lipinski definition) is 10. The number of carbonyl (C=O) groups excluding carboxylic acids is 3. The highest BCUT2D eigenvalue weighted by atomic mass is 17.4. The van der Waals surface area contributed by atoms with E-state index in [0.717, 1.165) is 51.4 Å². The first-order chi connectivity index (χ1) is 21.8. The Morgan fingerprint density at radius 2 is 1.59 bits per heavy atom. The number of fused-ring (bicyclic) bond motifs is 5. The fourth-order valence-electron chi connectivity index (χ4n) is 11.4. The molecule has 1 aliphatic heterocycles. The zero-order chi connectivity index (χ0) is 33.1. The Labute approximate surface area is 274 Å². The van der Waals surface area contributed by atoms with Gasteiger partial charge in [-0.05, 0) is 86.4 Å². The minimum Gasteiger partial charge on any atom is -0.469 e. The summed E-state index contributed by atoms with van der Waals surface area (Å²) in [5, 5.41) is 0. The van der Waals surface area contributed by atoms with Gasteiger partial charge in [0.2, 0.25) is 11.6 Å². The van der Waals surface area contributed by atoms with Gasteiger partial charge in [0.1, 0.15) is 12.2 Å². The van der Waals surface area contributed by atoms with Crippen LogP contribution in [0.4, 0.5) is 0 Å². The number of methoxy groups -OCH3 is 1. The Kier molecular flexibility index (Phi) is 9.35. The van der Waals surface area contributed by atoms with Crippen LogP contribution in [0.5, 0.6) is 0 Å². The van der Waals surface area contributed by atoms with E-state index in [1.165, 1.54) is 21.0 Å². The summed E-state index contributed by atoms with van der Waals surface area (Å²) in [5.74, 6) is -1.28. The summed E-state index contributed by atoms with van der Waals surface area (Å²) in [6, 6.07) is 0.